The summed E-state index contributed by atoms with van der Waals surface area (Å²) < 4.78 is 6.07. The molecule has 0 saturated carbocycles. The predicted molar refractivity (Wildman–Crippen MR) is 77.2 cm³/mol. The third-order valence-corrected chi connectivity index (χ3v) is 3.79. The van der Waals surface area contributed by atoms with Crippen LogP contribution in [0.15, 0.2) is 41.8 Å². The molecule has 0 aliphatic heterocycles. The van der Waals surface area contributed by atoms with E-state index in [2.05, 4.69) is 36.6 Å². The maximum absolute atomic E-state index is 6.07. The molecule has 96 valence electrons. The Morgan fingerprint density at radius 2 is 2.00 bits per heavy atom. The van der Waals surface area contributed by atoms with Crippen LogP contribution in [0.25, 0.3) is 0 Å². The van der Waals surface area contributed by atoms with Crippen LogP contribution in [0.1, 0.15) is 29.4 Å². The van der Waals surface area contributed by atoms with Crippen LogP contribution in [-0.4, -0.2) is 6.54 Å². The van der Waals surface area contributed by atoms with Crippen molar-refractivity contribution in [1.82, 2.24) is 0 Å². The van der Waals surface area contributed by atoms with Gasteiger partial charge in [-0.1, -0.05) is 23.8 Å². The molecule has 0 aliphatic carbocycles. The molecule has 0 bridgehead atoms. The van der Waals surface area contributed by atoms with Gasteiger partial charge in [0.1, 0.15) is 11.9 Å². The smallest absolute Gasteiger partial charge is 0.133 e. The maximum Gasteiger partial charge on any atom is 0.133 e. The molecule has 2 rings (SSSR count). The van der Waals surface area contributed by atoms with E-state index in [0.717, 1.165) is 18.6 Å². The summed E-state index contributed by atoms with van der Waals surface area (Å²) in [5.41, 5.74) is 6.84. The van der Waals surface area contributed by atoms with Crippen LogP contribution < -0.4 is 10.5 Å². The van der Waals surface area contributed by atoms with Crippen LogP contribution in [0.2, 0.25) is 0 Å². The molecular weight excluding hydrogens is 242 g/mol. The molecular formula is C15H19NOS. The standard InChI is InChI=1S/C15H19NOS/c1-12-6-8-13(9-7-12)17-14(4-2-10-16)15-5-3-11-18-15/h3,5-9,11,14H,2,4,10,16H2,1H3. The molecule has 1 aromatic carbocycles. The zero-order valence-corrected chi connectivity index (χ0v) is 11.5. The quantitative estimate of drug-likeness (QED) is 0.855. The molecule has 1 aromatic heterocycles. The summed E-state index contributed by atoms with van der Waals surface area (Å²) in [6.07, 6.45) is 2.07. The molecule has 2 N–H and O–H groups in total. The lowest BCUT2D eigenvalue weighted by Gasteiger charge is -2.17. The highest BCUT2D eigenvalue weighted by atomic mass is 32.1. The molecule has 1 atom stereocenters. The number of hydrogen-bond donors (Lipinski definition) is 1. The predicted octanol–water partition coefficient (Wildman–Crippen LogP) is 3.92. The number of ether oxygens (including phenoxy) is 1. The molecule has 0 amide bonds. The fourth-order valence-corrected chi connectivity index (χ4v) is 2.61. The van der Waals surface area contributed by atoms with Gasteiger partial charge >= 0.3 is 0 Å². The minimum atomic E-state index is 0.122. The molecule has 0 saturated heterocycles. The Labute approximate surface area is 112 Å². The van der Waals surface area contributed by atoms with Crippen LogP contribution in [0.3, 0.4) is 0 Å². The van der Waals surface area contributed by atoms with E-state index in [9.17, 15) is 0 Å². The monoisotopic (exact) mass is 261 g/mol. The molecule has 0 aliphatic rings. The summed E-state index contributed by atoms with van der Waals surface area (Å²) >= 11 is 1.74. The van der Waals surface area contributed by atoms with Gasteiger partial charge in [0.25, 0.3) is 0 Å². The summed E-state index contributed by atoms with van der Waals surface area (Å²) in [5.74, 6) is 0.927. The topological polar surface area (TPSA) is 35.2 Å². The van der Waals surface area contributed by atoms with Crippen LogP contribution in [-0.2, 0) is 0 Å². The molecule has 2 aromatic rings. The summed E-state index contributed by atoms with van der Waals surface area (Å²) in [5, 5.41) is 2.09. The van der Waals surface area contributed by atoms with Crippen LogP contribution in [0.5, 0.6) is 5.75 Å². The molecule has 1 unspecified atom stereocenters. The zero-order chi connectivity index (χ0) is 12.8. The lowest BCUT2D eigenvalue weighted by atomic mass is 10.1. The first-order valence-electron chi connectivity index (χ1n) is 6.26. The Morgan fingerprint density at radius 3 is 2.61 bits per heavy atom. The fourth-order valence-electron chi connectivity index (χ4n) is 1.82. The maximum atomic E-state index is 6.07. The summed E-state index contributed by atoms with van der Waals surface area (Å²) in [6.45, 7) is 2.79. The molecule has 0 fully saturated rings. The van der Waals surface area contributed by atoms with Gasteiger partial charge in [0.15, 0.2) is 0 Å². The minimum absolute atomic E-state index is 0.122. The van der Waals surface area contributed by atoms with E-state index in [1.54, 1.807) is 11.3 Å². The van der Waals surface area contributed by atoms with E-state index < -0.39 is 0 Å². The van der Waals surface area contributed by atoms with E-state index in [1.807, 2.05) is 12.1 Å². The van der Waals surface area contributed by atoms with Crippen molar-refractivity contribution >= 4 is 11.3 Å². The van der Waals surface area contributed by atoms with Gasteiger partial charge in [0.05, 0.1) is 0 Å². The molecule has 1 heterocycles. The van der Waals surface area contributed by atoms with Gasteiger partial charge in [-0.05, 0) is 49.9 Å². The Balaban J connectivity index is 2.07. The second-order valence-electron chi connectivity index (χ2n) is 4.37. The van der Waals surface area contributed by atoms with Gasteiger partial charge in [-0.25, -0.2) is 0 Å². The number of aryl methyl sites for hydroxylation is 1. The van der Waals surface area contributed by atoms with Gasteiger partial charge in [-0.3, -0.25) is 0 Å². The lowest BCUT2D eigenvalue weighted by molar-refractivity contribution is 0.196. The molecule has 0 spiro atoms. The van der Waals surface area contributed by atoms with Crippen molar-refractivity contribution in [3.05, 3.63) is 52.2 Å². The average molecular weight is 261 g/mol. The lowest BCUT2D eigenvalue weighted by Crippen LogP contribution is -2.09. The van der Waals surface area contributed by atoms with Crippen LogP contribution >= 0.6 is 11.3 Å². The second-order valence-corrected chi connectivity index (χ2v) is 5.35. The zero-order valence-electron chi connectivity index (χ0n) is 10.6. The van der Waals surface area contributed by atoms with E-state index >= 15 is 0 Å². The third-order valence-electron chi connectivity index (χ3n) is 2.83. The van der Waals surface area contributed by atoms with Crippen molar-refractivity contribution in [2.24, 2.45) is 5.73 Å². The van der Waals surface area contributed by atoms with E-state index in [4.69, 9.17) is 10.5 Å². The first-order chi connectivity index (χ1) is 8.79. The van der Waals surface area contributed by atoms with Crippen molar-refractivity contribution in [1.29, 1.82) is 0 Å². The van der Waals surface area contributed by atoms with E-state index in [-0.39, 0.29) is 6.10 Å². The Morgan fingerprint density at radius 1 is 1.22 bits per heavy atom. The summed E-state index contributed by atoms with van der Waals surface area (Å²) in [4.78, 5) is 1.27. The number of thiophene rings is 1. The molecule has 18 heavy (non-hydrogen) atoms. The van der Waals surface area contributed by atoms with E-state index in [0.29, 0.717) is 6.54 Å². The van der Waals surface area contributed by atoms with Gasteiger partial charge in [-0.15, -0.1) is 11.3 Å². The number of benzene rings is 1. The highest BCUT2D eigenvalue weighted by Crippen LogP contribution is 2.29. The first-order valence-corrected chi connectivity index (χ1v) is 7.14. The fraction of sp³-hybridized carbons (Fsp3) is 0.333. The highest BCUT2D eigenvalue weighted by molar-refractivity contribution is 7.10. The second kappa shape index (κ2) is 6.57. The molecule has 0 radical (unpaired) electrons. The van der Waals surface area contributed by atoms with Crippen LogP contribution in [0.4, 0.5) is 0 Å². The normalized spacial score (nSPS) is 12.3. The first kappa shape index (κ1) is 13.1. The van der Waals surface area contributed by atoms with Crippen molar-refractivity contribution in [3.63, 3.8) is 0 Å². The summed E-state index contributed by atoms with van der Waals surface area (Å²) in [6, 6.07) is 12.4. The average Bonchev–Trinajstić information content (AvgIpc) is 2.90. The van der Waals surface area contributed by atoms with Crippen molar-refractivity contribution in [2.75, 3.05) is 6.54 Å². The Hall–Kier alpha value is -1.32. The highest BCUT2D eigenvalue weighted by Gasteiger charge is 2.13. The van der Waals surface area contributed by atoms with Crippen LogP contribution in [0, 0.1) is 6.92 Å². The Bertz CT molecular complexity index is 450. The number of nitrogens with two attached hydrogens (primary N) is 1. The number of hydrogen-bond acceptors (Lipinski definition) is 3. The van der Waals surface area contributed by atoms with Crippen molar-refractivity contribution < 1.29 is 4.74 Å². The van der Waals surface area contributed by atoms with Gasteiger partial charge < -0.3 is 10.5 Å². The van der Waals surface area contributed by atoms with Gasteiger partial charge in [0.2, 0.25) is 0 Å². The molecule has 3 heteroatoms. The van der Waals surface area contributed by atoms with Gasteiger partial charge in [0, 0.05) is 4.88 Å². The SMILES string of the molecule is Cc1ccc(OC(CCCN)c2cccs2)cc1. The largest absolute Gasteiger partial charge is 0.485 e. The van der Waals surface area contributed by atoms with Crippen molar-refractivity contribution in [2.45, 2.75) is 25.9 Å². The van der Waals surface area contributed by atoms with Gasteiger partial charge in [-0.2, -0.15) is 0 Å². The minimum Gasteiger partial charge on any atom is -0.485 e. The Kier molecular flexibility index (Phi) is 4.79. The van der Waals surface area contributed by atoms with E-state index in [1.165, 1.54) is 10.4 Å². The summed E-state index contributed by atoms with van der Waals surface area (Å²) in [7, 11) is 0. The molecule has 2 nitrogen and oxygen atoms in total. The van der Waals surface area contributed by atoms with Crippen molar-refractivity contribution in [3.8, 4) is 5.75 Å². The number of rotatable bonds is 6. The third kappa shape index (κ3) is 3.59.